The summed E-state index contributed by atoms with van der Waals surface area (Å²) in [5.41, 5.74) is 1.88. The number of hydrogen-bond acceptors (Lipinski definition) is 5. The predicted octanol–water partition coefficient (Wildman–Crippen LogP) is 3.33. The fourth-order valence-corrected chi connectivity index (χ4v) is 4.02. The maximum Gasteiger partial charge on any atom is 0.218 e. The lowest BCUT2D eigenvalue weighted by atomic mass is 10.0. The second-order valence-electron chi connectivity index (χ2n) is 6.67. The maximum atomic E-state index is 12.2. The van der Waals surface area contributed by atoms with Gasteiger partial charge in [-0.15, -0.1) is 0 Å². The van der Waals surface area contributed by atoms with E-state index in [-0.39, 0.29) is 17.9 Å². The highest BCUT2D eigenvalue weighted by molar-refractivity contribution is 7.71. The number of para-hydroxylation sites is 1. The average Bonchev–Trinajstić information content (AvgIpc) is 3.29. The van der Waals surface area contributed by atoms with Gasteiger partial charge in [0, 0.05) is 17.7 Å². The molecule has 0 aliphatic carbocycles. The molecule has 27 heavy (non-hydrogen) atoms. The van der Waals surface area contributed by atoms with Gasteiger partial charge in [-0.1, -0.05) is 48.5 Å². The number of fused-ring (bicyclic) bond motifs is 2. The first-order chi connectivity index (χ1) is 13.2. The van der Waals surface area contributed by atoms with Crippen LogP contribution in [0.15, 0.2) is 60.7 Å². The van der Waals surface area contributed by atoms with Crippen molar-refractivity contribution in [2.45, 2.75) is 24.9 Å². The lowest BCUT2D eigenvalue weighted by molar-refractivity contribution is -0.156. The summed E-state index contributed by atoms with van der Waals surface area (Å²) < 4.78 is 15.4. The Morgan fingerprint density at radius 1 is 1.04 bits per heavy atom. The fourth-order valence-electron chi connectivity index (χ4n) is 3.65. The molecule has 0 amide bonds. The van der Waals surface area contributed by atoms with Gasteiger partial charge in [0.25, 0.3) is 0 Å². The van der Waals surface area contributed by atoms with E-state index in [1.807, 2.05) is 65.2 Å². The van der Waals surface area contributed by atoms with Gasteiger partial charge in [-0.3, -0.25) is 9.36 Å². The summed E-state index contributed by atoms with van der Waals surface area (Å²) in [4.78, 5) is 12.2. The molecule has 3 aromatic rings. The fraction of sp³-hybridized carbons (Fsp3) is 0.250. The second-order valence-corrected chi connectivity index (χ2v) is 7.03. The number of hydrogen-bond donors (Lipinski definition) is 0. The molecule has 0 N–H and O–H groups in total. The number of ether oxygens (including phenoxy) is 2. The van der Waals surface area contributed by atoms with Crippen LogP contribution in [-0.4, -0.2) is 39.1 Å². The largest absolute Gasteiger partial charge is 0.343 e. The first-order valence-corrected chi connectivity index (χ1v) is 9.25. The van der Waals surface area contributed by atoms with E-state index in [9.17, 15) is 4.79 Å². The summed E-state index contributed by atoms with van der Waals surface area (Å²) in [6.45, 7) is 0.377. The minimum atomic E-state index is -0.731. The van der Waals surface area contributed by atoms with Crippen LogP contribution in [0.5, 0.6) is 0 Å². The number of Topliss-reactive ketones (excluding diaryl/α,β-unsaturated/α-hetero) is 1. The highest BCUT2D eigenvalue weighted by Gasteiger charge is 2.45. The number of ketones is 1. The Morgan fingerprint density at radius 3 is 2.48 bits per heavy atom. The lowest BCUT2D eigenvalue weighted by Crippen LogP contribution is -2.37. The predicted molar refractivity (Wildman–Crippen MR) is 101 cm³/mol. The number of nitrogens with zero attached hydrogens (tertiary/aromatic N) is 3. The minimum absolute atomic E-state index is 0.0637. The van der Waals surface area contributed by atoms with E-state index in [4.69, 9.17) is 26.8 Å². The Kier molecular flexibility index (Phi) is 4.00. The van der Waals surface area contributed by atoms with Crippen LogP contribution >= 0.6 is 12.2 Å². The quantitative estimate of drug-likeness (QED) is 0.654. The Bertz CT molecular complexity index is 1050. The molecule has 2 bridgehead atoms. The van der Waals surface area contributed by atoms with Crippen molar-refractivity contribution in [3.63, 3.8) is 0 Å². The average molecular weight is 379 g/mol. The molecule has 0 radical (unpaired) electrons. The van der Waals surface area contributed by atoms with Crippen molar-refractivity contribution in [2.24, 2.45) is 0 Å². The summed E-state index contributed by atoms with van der Waals surface area (Å²) in [5.74, 6) is 0.673. The van der Waals surface area contributed by atoms with Gasteiger partial charge >= 0.3 is 0 Å². The molecule has 3 atom stereocenters. The van der Waals surface area contributed by atoms with Gasteiger partial charge in [0.1, 0.15) is 6.10 Å². The molecule has 2 aromatic carbocycles. The normalized spacial score (nSPS) is 24.3. The molecular weight excluding hydrogens is 362 g/mol. The lowest BCUT2D eigenvalue weighted by Gasteiger charge is -2.26. The first kappa shape index (κ1) is 16.6. The van der Waals surface area contributed by atoms with E-state index in [2.05, 4.69) is 0 Å². The van der Waals surface area contributed by atoms with Crippen LogP contribution in [0.1, 0.15) is 12.5 Å². The minimum Gasteiger partial charge on any atom is -0.343 e. The zero-order valence-electron chi connectivity index (χ0n) is 14.4. The van der Waals surface area contributed by atoms with Crippen molar-refractivity contribution in [1.82, 2.24) is 14.3 Å². The molecule has 0 unspecified atom stereocenters. The van der Waals surface area contributed by atoms with Crippen LogP contribution in [0.25, 0.3) is 17.1 Å². The highest BCUT2D eigenvalue weighted by Crippen LogP contribution is 2.34. The van der Waals surface area contributed by atoms with E-state index >= 15 is 0 Å². The van der Waals surface area contributed by atoms with E-state index in [1.54, 1.807) is 4.68 Å². The molecule has 1 aromatic heterocycles. The summed E-state index contributed by atoms with van der Waals surface area (Å²) in [6, 6.07) is 19.5. The molecular formula is C20H17N3O3S. The van der Waals surface area contributed by atoms with E-state index in [0.29, 0.717) is 17.8 Å². The molecule has 0 spiro atoms. The molecule has 0 saturated carbocycles. The van der Waals surface area contributed by atoms with Crippen LogP contribution in [-0.2, 0) is 14.3 Å². The third-order valence-electron chi connectivity index (χ3n) is 4.97. The number of benzene rings is 2. The van der Waals surface area contributed by atoms with E-state index in [0.717, 1.165) is 17.1 Å². The van der Waals surface area contributed by atoms with Crippen molar-refractivity contribution in [3.05, 3.63) is 65.4 Å². The zero-order valence-corrected chi connectivity index (χ0v) is 15.2. The SMILES string of the molecule is O=C1C[C@H](n2nc(-c3ccccc3)n(-c3ccccc3)c2=S)[C@@H]2CO[C@H]1O2. The van der Waals surface area contributed by atoms with Gasteiger partial charge in [-0.25, -0.2) is 4.68 Å². The number of carbonyl (C=O) groups is 1. The van der Waals surface area contributed by atoms with Crippen LogP contribution < -0.4 is 0 Å². The van der Waals surface area contributed by atoms with Crippen molar-refractivity contribution >= 4 is 18.0 Å². The standard InChI is InChI=1S/C20H17N3O3S/c24-16-11-15(17-12-25-19(16)26-17)23-20(27)22(14-9-5-2-6-10-14)18(21-23)13-7-3-1-4-8-13/h1-10,15,17,19H,11-12H2/t15-,17-,19-/m0/s1. The maximum absolute atomic E-state index is 12.2. The Hall–Kier alpha value is -2.61. The van der Waals surface area contributed by atoms with Gasteiger partial charge in [0.2, 0.25) is 11.1 Å². The summed E-state index contributed by atoms with van der Waals surface area (Å²) in [5, 5.41) is 4.82. The topological polar surface area (TPSA) is 58.3 Å². The molecule has 2 saturated heterocycles. The molecule has 3 heterocycles. The highest BCUT2D eigenvalue weighted by atomic mass is 32.1. The Labute approximate surface area is 161 Å². The van der Waals surface area contributed by atoms with E-state index in [1.165, 1.54) is 0 Å². The zero-order chi connectivity index (χ0) is 18.4. The molecule has 2 fully saturated rings. The second kappa shape index (κ2) is 6.53. The number of aromatic nitrogens is 3. The smallest absolute Gasteiger partial charge is 0.218 e. The summed E-state index contributed by atoms with van der Waals surface area (Å²) in [7, 11) is 0. The van der Waals surface area contributed by atoms with Gasteiger partial charge in [0.05, 0.1) is 12.6 Å². The van der Waals surface area contributed by atoms with Gasteiger partial charge in [0.15, 0.2) is 11.6 Å². The molecule has 7 heteroatoms. The number of carbonyl (C=O) groups excluding carboxylic acids is 1. The molecule has 5 rings (SSSR count). The Morgan fingerprint density at radius 2 is 1.74 bits per heavy atom. The summed E-state index contributed by atoms with van der Waals surface area (Å²) in [6.07, 6.45) is -0.642. The van der Waals surface area contributed by atoms with Gasteiger partial charge < -0.3 is 9.47 Å². The van der Waals surface area contributed by atoms with Gasteiger partial charge in [-0.05, 0) is 24.4 Å². The van der Waals surface area contributed by atoms with Crippen LogP contribution in [0.4, 0.5) is 0 Å². The van der Waals surface area contributed by atoms with E-state index < -0.39 is 6.29 Å². The van der Waals surface area contributed by atoms with Crippen molar-refractivity contribution < 1.29 is 14.3 Å². The third kappa shape index (κ3) is 2.75. The molecule has 136 valence electrons. The molecule has 2 aliphatic rings. The summed E-state index contributed by atoms with van der Waals surface area (Å²) >= 11 is 5.78. The van der Waals surface area contributed by atoms with Crippen molar-refractivity contribution in [3.8, 4) is 17.1 Å². The molecule has 2 aliphatic heterocycles. The molecule has 6 nitrogen and oxygen atoms in total. The monoisotopic (exact) mass is 379 g/mol. The van der Waals surface area contributed by atoms with Crippen molar-refractivity contribution in [1.29, 1.82) is 0 Å². The van der Waals surface area contributed by atoms with Crippen LogP contribution in [0.2, 0.25) is 0 Å². The Balaban J connectivity index is 1.69. The van der Waals surface area contributed by atoms with Crippen molar-refractivity contribution in [2.75, 3.05) is 6.61 Å². The van der Waals surface area contributed by atoms with Crippen LogP contribution in [0, 0.1) is 4.77 Å². The first-order valence-electron chi connectivity index (χ1n) is 8.84. The number of rotatable bonds is 3. The third-order valence-corrected chi connectivity index (χ3v) is 5.34. The van der Waals surface area contributed by atoms with Gasteiger partial charge in [-0.2, -0.15) is 5.10 Å². The van der Waals surface area contributed by atoms with Crippen LogP contribution in [0.3, 0.4) is 0 Å².